The monoisotopic (exact) mass is 228 g/mol. The number of halogens is 1. The van der Waals surface area contributed by atoms with Crippen LogP contribution in [-0.4, -0.2) is 14.6 Å². The molecule has 0 bridgehead atoms. The Morgan fingerprint density at radius 1 is 1.62 bits per heavy atom. The molecule has 0 radical (unpaired) electrons. The van der Waals surface area contributed by atoms with Crippen molar-refractivity contribution in [2.75, 3.05) is 0 Å². The summed E-state index contributed by atoms with van der Waals surface area (Å²) in [6.07, 6.45) is 0.869. The van der Waals surface area contributed by atoms with E-state index in [-0.39, 0.29) is 0 Å². The highest BCUT2D eigenvalue weighted by atomic mass is 127. The highest BCUT2D eigenvalue weighted by Gasteiger charge is 2.14. The van der Waals surface area contributed by atoms with Gasteiger partial charge in [-0.15, -0.1) is 0 Å². The van der Waals surface area contributed by atoms with Crippen molar-refractivity contribution in [2.45, 2.75) is 36.7 Å². The normalized spacial score (nSPS) is 16.1. The van der Waals surface area contributed by atoms with Crippen LogP contribution in [-0.2, 0) is 0 Å². The Labute approximate surface area is 64.6 Å². The van der Waals surface area contributed by atoms with E-state index in [1.165, 1.54) is 0 Å². The molecule has 2 heteroatoms. The first-order valence-corrected chi connectivity index (χ1v) is 4.03. The number of alkyl halides is 1. The van der Waals surface area contributed by atoms with Crippen LogP contribution in [0.3, 0.4) is 0 Å². The second-order valence-electron chi connectivity index (χ2n) is 2.80. The van der Waals surface area contributed by atoms with E-state index in [1.54, 1.807) is 0 Å². The molecule has 0 fully saturated rings. The molecular formula is C6H13IO. The van der Waals surface area contributed by atoms with E-state index in [9.17, 15) is 5.11 Å². The maximum Gasteiger partial charge on any atom is 0.0601 e. The molecule has 1 atom stereocenters. The van der Waals surface area contributed by atoms with Crippen molar-refractivity contribution in [1.29, 1.82) is 0 Å². The highest BCUT2D eigenvalue weighted by molar-refractivity contribution is 14.1. The molecule has 0 aromatic carbocycles. The minimum absolute atomic E-state index is 0.486. The van der Waals surface area contributed by atoms with Crippen LogP contribution in [0.5, 0.6) is 0 Å². The first-order valence-electron chi connectivity index (χ1n) is 2.78. The molecule has 0 saturated heterocycles. The van der Waals surface area contributed by atoms with Crippen LogP contribution in [0.15, 0.2) is 0 Å². The van der Waals surface area contributed by atoms with Gasteiger partial charge in [-0.3, -0.25) is 0 Å². The Balaban J connectivity index is 3.39. The van der Waals surface area contributed by atoms with Gasteiger partial charge in [0.1, 0.15) is 0 Å². The third kappa shape index (κ3) is 6.69. The Morgan fingerprint density at radius 2 is 2.00 bits per heavy atom. The molecule has 8 heavy (non-hydrogen) atoms. The van der Waals surface area contributed by atoms with E-state index >= 15 is 0 Å². The topological polar surface area (TPSA) is 20.2 Å². The van der Waals surface area contributed by atoms with Crippen molar-refractivity contribution in [3.05, 3.63) is 0 Å². The highest BCUT2D eigenvalue weighted by Crippen LogP contribution is 2.15. The average molecular weight is 228 g/mol. The van der Waals surface area contributed by atoms with Gasteiger partial charge in [-0.05, 0) is 20.3 Å². The van der Waals surface area contributed by atoms with Crippen LogP contribution in [0.2, 0.25) is 0 Å². The van der Waals surface area contributed by atoms with E-state index in [2.05, 4.69) is 29.5 Å². The van der Waals surface area contributed by atoms with E-state index in [0.29, 0.717) is 3.92 Å². The fourth-order valence-electron chi connectivity index (χ4n) is 0.688. The molecule has 0 aliphatic carbocycles. The molecule has 50 valence electrons. The predicted molar refractivity (Wildman–Crippen MR) is 44.4 cm³/mol. The van der Waals surface area contributed by atoms with Crippen LogP contribution in [0.25, 0.3) is 0 Å². The number of hydrogen-bond donors (Lipinski definition) is 1. The number of hydrogen-bond acceptors (Lipinski definition) is 1. The summed E-state index contributed by atoms with van der Waals surface area (Å²) in [6, 6.07) is 0. The fraction of sp³-hybridized carbons (Fsp3) is 1.00. The second kappa shape index (κ2) is 3.01. The lowest BCUT2D eigenvalue weighted by atomic mass is 10.0. The fourth-order valence-corrected chi connectivity index (χ4v) is 1.77. The Bertz CT molecular complexity index is 63.4. The minimum atomic E-state index is -0.486. The van der Waals surface area contributed by atoms with Gasteiger partial charge in [0, 0.05) is 3.92 Å². The molecule has 0 aliphatic rings. The van der Waals surface area contributed by atoms with Gasteiger partial charge >= 0.3 is 0 Å². The van der Waals surface area contributed by atoms with Gasteiger partial charge in [0.15, 0.2) is 0 Å². The van der Waals surface area contributed by atoms with Crippen LogP contribution in [0, 0.1) is 0 Å². The summed E-state index contributed by atoms with van der Waals surface area (Å²) in [4.78, 5) is 0. The Hall–Kier alpha value is 0.690. The maximum atomic E-state index is 9.18. The molecule has 1 nitrogen and oxygen atoms in total. The summed E-state index contributed by atoms with van der Waals surface area (Å²) in [5.74, 6) is 0. The van der Waals surface area contributed by atoms with Gasteiger partial charge in [-0.25, -0.2) is 0 Å². The lowest BCUT2D eigenvalue weighted by Crippen LogP contribution is -2.21. The molecule has 0 saturated carbocycles. The number of aliphatic hydroxyl groups is 1. The van der Waals surface area contributed by atoms with Crippen LogP contribution in [0.1, 0.15) is 27.2 Å². The smallest absolute Gasteiger partial charge is 0.0601 e. The summed E-state index contributed by atoms with van der Waals surface area (Å²) in [5, 5.41) is 9.18. The van der Waals surface area contributed by atoms with Crippen molar-refractivity contribution in [2.24, 2.45) is 0 Å². The van der Waals surface area contributed by atoms with Gasteiger partial charge < -0.3 is 5.11 Å². The largest absolute Gasteiger partial charge is 0.390 e. The summed E-state index contributed by atoms with van der Waals surface area (Å²) < 4.78 is 0.563. The molecule has 1 unspecified atom stereocenters. The van der Waals surface area contributed by atoms with Crippen molar-refractivity contribution in [3.63, 3.8) is 0 Å². The zero-order chi connectivity index (χ0) is 6.78. The van der Waals surface area contributed by atoms with Gasteiger partial charge in [-0.2, -0.15) is 0 Å². The standard InChI is InChI=1S/C6H13IO/c1-5(7)4-6(2,3)8/h5,8H,4H2,1-3H3. The van der Waals surface area contributed by atoms with Crippen molar-refractivity contribution < 1.29 is 5.11 Å². The quantitative estimate of drug-likeness (QED) is 0.565. The molecule has 1 N–H and O–H groups in total. The van der Waals surface area contributed by atoms with Crippen molar-refractivity contribution in [1.82, 2.24) is 0 Å². The van der Waals surface area contributed by atoms with E-state index < -0.39 is 5.60 Å². The lowest BCUT2D eigenvalue weighted by Gasteiger charge is -2.17. The Morgan fingerprint density at radius 3 is 2.00 bits per heavy atom. The van der Waals surface area contributed by atoms with E-state index in [1.807, 2.05) is 13.8 Å². The summed E-state index contributed by atoms with van der Waals surface area (Å²) in [6.45, 7) is 5.77. The average Bonchev–Trinajstić information content (AvgIpc) is 1.21. The third-order valence-electron chi connectivity index (χ3n) is 0.781. The molecule has 0 aromatic heterocycles. The zero-order valence-electron chi connectivity index (χ0n) is 5.61. The molecule has 0 amide bonds. The predicted octanol–water partition coefficient (Wildman–Crippen LogP) is 1.97. The van der Waals surface area contributed by atoms with Crippen LogP contribution >= 0.6 is 22.6 Å². The van der Waals surface area contributed by atoms with Crippen molar-refractivity contribution in [3.8, 4) is 0 Å². The van der Waals surface area contributed by atoms with Crippen LogP contribution in [0.4, 0.5) is 0 Å². The molecular weight excluding hydrogens is 215 g/mol. The third-order valence-corrected chi connectivity index (χ3v) is 1.22. The lowest BCUT2D eigenvalue weighted by molar-refractivity contribution is 0.0730. The van der Waals surface area contributed by atoms with E-state index in [0.717, 1.165) is 6.42 Å². The van der Waals surface area contributed by atoms with Crippen LogP contribution < -0.4 is 0 Å². The van der Waals surface area contributed by atoms with Gasteiger partial charge in [0.05, 0.1) is 5.60 Å². The van der Waals surface area contributed by atoms with Gasteiger partial charge in [0.2, 0.25) is 0 Å². The maximum absolute atomic E-state index is 9.18. The zero-order valence-corrected chi connectivity index (χ0v) is 7.77. The minimum Gasteiger partial charge on any atom is -0.390 e. The Kier molecular flexibility index (Phi) is 3.27. The summed E-state index contributed by atoms with van der Waals surface area (Å²) in [7, 11) is 0. The summed E-state index contributed by atoms with van der Waals surface area (Å²) >= 11 is 2.31. The first kappa shape index (κ1) is 8.69. The number of rotatable bonds is 2. The summed E-state index contributed by atoms with van der Waals surface area (Å²) in [5.41, 5.74) is -0.486. The second-order valence-corrected chi connectivity index (χ2v) is 4.92. The first-order chi connectivity index (χ1) is 3.42. The molecule has 0 rings (SSSR count). The van der Waals surface area contributed by atoms with Gasteiger partial charge in [-0.1, -0.05) is 29.5 Å². The van der Waals surface area contributed by atoms with Gasteiger partial charge in [0.25, 0.3) is 0 Å². The molecule has 0 heterocycles. The molecule has 0 aliphatic heterocycles. The van der Waals surface area contributed by atoms with E-state index in [4.69, 9.17) is 0 Å². The SMILES string of the molecule is CC(I)CC(C)(C)O. The van der Waals surface area contributed by atoms with Crippen molar-refractivity contribution >= 4 is 22.6 Å². The molecule has 0 spiro atoms. The molecule has 0 aromatic rings.